The highest BCUT2D eigenvalue weighted by molar-refractivity contribution is 6.05. The normalized spacial score (nSPS) is 15.8. The van der Waals surface area contributed by atoms with Gasteiger partial charge < -0.3 is 14.2 Å². The number of rotatable bonds is 3. The van der Waals surface area contributed by atoms with Gasteiger partial charge in [-0.15, -0.1) is 10.2 Å². The Morgan fingerprint density at radius 3 is 2.39 bits per heavy atom. The molecule has 0 bridgehead atoms. The van der Waals surface area contributed by atoms with Crippen LogP contribution >= 0.6 is 0 Å². The molecule has 0 radical (unpaired) electrons. The van der Waals surface area contributed by atoms with Crippen LogP contribution in [-0.4, -0.2) is 45.2 Å². The van der Waals surface area contributed by atoms with E-state index in [-0.39, 0.29) is 17.5 Å². The molecule has 0 aliphatic carbocycles. The van der Waals surface area contributed by atoms with Crippen molar-refractivity contribution in [1.29, 1.82) is 0 Å². The maximum Gasteiger partial charge on any atom is 0.338 e. The molecule has 1 aliphatic heterocycles. The molecule has 1 amide bonds. The van der Waals surface area contributed by atoms with E-state index in [0.29, 0.717) is 18.7 Å². The van der Waals surface area contributed by atoms with Crippen LogP contribution in [0.3, 0.4) is 0 Å². The van der Waals surface area contributed by atoms with Gasteiger partial charge in [-0.1, -0.05) is 42.5 Å². The lowest BCUT2D eigenvalue weighted by molar-refractivity contribution is 0.0583. The molecule has 142 valence electrons. The molecule has 7 nitrogen and oxygen atoms in total. The smallest absolute Gasteiger partial charge is 0.338 e. The Morgan fingerprint density at radius 2 is 1.68 bits per heavy atom. The van der Waals surface area contributed by atoms with E-state index in [9.17, 15) is 9.59 Å². The number of fused-ring (bicyclic) bond motifs is 1. The first-order valence-corrected chi connectivity index (χ1v) is 9.06. The molecule has 3 aromatic rings. The van der Waals surface area contributed by atoms with Crippen LogP contribution < -0.4 is 0 Å². The van der Waals surface area contributed by atoms with Crippen molar-refractivity contribution in [1.82, 2.24) is 19.7 Å². The van der Waals surface area contributed by atoms with Gasteiger partial charge >= 0.3 is 5.97 Å². The number of carbonyl (C=O) groups excluding carboxylic acids is 2. The lowest BCUT2D eigenvalue weighted by atomic mass is 10.1. The van der Waals surface area contributed by atoms with Crippen molar-refractivity contribution in [2.24, 2.45) is 0 Å². The number of aromatic nitrogens is 3. The number of amides is 1. The Kier molecular flexibility index (Phi) is 4.65. The Morgan fingerprint density at radius 1 is 1.00 bits per heavy atom. The second-order valence-corrected chi connectivity index (χ2v) is 6.75. The predicted molar refractivity (Wildman–Crippen MR) is 103 cm³/mol. The Hall–Kier alpha value is -3.48. The molecule has 4 rings (SSSR count). The summed E-state index contributed by atoms with van der Waals surface area (Å²) in [5.41, 5.74) is 1.58. The fourth-order valence-corrected chi connectivity index (χ4v) is 3.60. The third-order valence-corrected chi connectivity index (χ3v) is 4.91. The summed E-state index contributed by atoms with van der Waals surface area (Å²) in [5.74, 6) is 0.776. The molecule has 2 aromatic carbocycles. The molecule has 0 fully saturated rings. The number of hydrogen-bond acceptors (Lipinski definition) is 5. The molecule has 1 atom stereocenters. The van der Waals surface area contributed by atoms with Gasteiger partial charge in [0.25, 0.3) is 5.91 Å². The van der Waals surface area contributed by atoms with E-state index in [0.717, 1.165) is 17.2 Å². The standard InChI is InChI=1S/C21H20N4O3/c1-14-12-24(20(26)16-10-6-7-11-17(16)21(27)28-2)13-18-22-23-19(25(14)18)15-8-4-3-5-9-15/h3-11,14H,12-13H2,1-2H3/t14-/m0/s1. The highest BCUT2D eigenvalue weighted by atomic mass is 16.5. The fraction of sp³-hybridized carbons (Fsp3) is 0.238. The second kappa shape index (κ2) is 7.26. The van der Waals surface area contributed by atoms with Crippen molar-refractivity contribution < 1.29 is 14.3 Å². The van der Waals surface area contributed by atoms with E-state index < -0.39 is 5.97 Å². The average molecular weight is 376 g/mol. The molecule has 0 spiro atoms. The lowest BCUT2D eigenvalue weighted by Gasteiger charge is -2.33. The van der Waals surface area contributed by atoms with E-state index in [1.165, 1.54) is 7.11 Å². The summed E-state index contributed by atoms with van der Waals surface area (Å²) in [5, 5.41) is 8.66. The third kappa shape index (κ3) is 3.05. The zero-order chi connectivity index (χ0) is 19.7. The summed E-state index contributed by atoms with van der Waals surface area (Å²) < 4.78 is 6.88. The Bertz CT molecular complexity index is 1030. The Balaban J connectivity index is 1.65. The van der Waals surface area contributed by atoms with Gasteiger partial charge in [0.05, 0.1) is 30.8 Å². The van der Waals surface area contributed by atoms with E-state index >= 15 is 0 Å². The number of methoxy groups -OCH3 is 1. The molecule has 28 heavy (non-hydrogen) atoms. The number of carbonyl (C=O) groups is 2. The van der Waals surface area contributed by atoms with Crippen LogP contribution in [0.4, 0.5) is 0 Å². The molecule has 1 aliphatic rings. The van der Waals surface area contributed by atoms with Gasteiger partial charge in [-0.25, -0.2) is 4.79 Å². The van der Waals surface area contributed by atoms with Gasteiger partial charge in [0.1, 0.15) is 0 Å². The van der Waals surface area contributed by atoms with Crippen molar-refractivity contribution in [3.05, 3.63) is 71.5 Å². The minimum Gasteiger partial charge on any atom is -0.465 e. The second-order valence-electron chi connectivity index (χ2n) is 6.75. The van der Waals surface area contributed by atoms with Crippen molar-refractivity contribution in [2.45, 2.75) is 19.5 Å². The van der Waals surface area contributed by atoms with Crippen molar-refractivity contribution >= 4 is 11.9 Å². The number of esters is 1. The van der Waals surface area contributed by atoms with E-state index in [4.69, 9.17) is 4.74 Å². The predicted octanol–water partition coefficient (Wildman–Crippen LogP) is 2.95. The van der Waals surface area contributed by atoms with Gasteiger partial charge in [-0.3, -0.25) is 4.79 Å². The molecule has 0 saturated heterocycles. The third-order valence-electron chi connectivity index (χ3n) is 4.91. The van der Waals surface area contributed by atoms with Crippen molar-refractivity contribution in [3.8, 4) is 11.4 Å². The van der Waals surface area contributed by atoms with E-state index in [1.807, 2.05) is 37.3 Å². The van der Waals surface area contributed by atoms with Gasteiger partial charge in [-0.05, 0) is 19.1 Å². The van der Waals surface area contributed by atoms with Crippen LogP contribution in [0.2, 0.25) is 0 Å². The molecule has 0 saturated carbocycles. The zero-order valence-corrected chi connectivity index (χ0v) is 15.7. The summed E-state index contributed by atoms with van der Waals surface area (Å²) in [4.78, 5) is 26.9. The SMILES string of the molecule is COC(=O)c1ccccc1C(=O)N1Cc2nnc(-c3ccccc3)n2[C@@H](C)C1. The summed E-state index contributed by atoms with van der Waals surface area (Å²) in [6.45, 7) is 2.86. The lowest BCUT2D eigenvalue weighted by Crippen LogP contribution is -2.41. The highest BCUT2D eigenvalue weighted by Crippen LogP contribution is 2.28. The number of ether oxygens (including phenoxy) is 1. The molecule has 7 heteroatoms. The summed E-state index contributed by atoms with van der Waals surface area (Å²) in [6, 6.07) is 16.6. The monoisotopic (exact) mass is 376 g/mol. The van der Waals surface area contributed by atoms with Crippen LogP contribution in [0, 0.1) is 0 Å². The maximum absolute atomic E-state index is 13.1. The number of benzene rings is 2. The summed E-state index contributed by atoms with van der Waals surface area (Å²) in [6.07, 6.45) is 0. The van der Waals surface area contributed by atoms with Gasteiger partial charge in [0, 0.05) is 12.1 Å². The van der Waals surface area contributed by atoms with E-state index in [2.05, 4.69) is 14.8 Å². The number of nitrogens with zero attached hydrogens (tertiary/aromatic N) is 4. The topological polar surface area (TPSA) is 77.3 Å². The maximum atomic E-state index is 13.1. The molecular formula is C21H20N4O3. The highest BCUT2D eigenvalue weighted by Gasteiger charge is 2.31. The minimum absolute atomic E-state index is 0.00296. The van der Waals surface area contributed by atoms with Crippen molar-refractivity contribution in [2.75, 3.05) is 13.7 Å². The first-order valence-electron chi connectivity index (χ1n) is 9.06. The van der Waals surface area contributed by atoms with Gasteiger partial charge in [-0.2, -0.15) is 0 Å². The van der Waals surface area contributed by atoms with Crippen molar-refractivity contribution in [3.63, 3.8) is 0 Å². The van der Waals surface area contributed by atoms with Gasteiger partial charge in [0.15, 0.2) is 11.6 Å². The molecule has 2 heterocycles. The number of hydrogen-bond donors (Lipinski definition) is 0. The first kappa shape index (κ1) is 17.9. The molecule has 1 aromatic heterocycles. The van der Waals surface area contributed by atoms with Crippen LogP contribution in [0.15, 0.2) is 54.6 Å². The van der Waals surface area contributed by atoms with Crippen LogP contribution in [0.1, 0.15) is 39.5 Å². The largest absolute Gasteiger partial charge is 0.465 e. The van der Waals surface area contributed by atoms with Crippen LogP contribution in [0.5, 0.6) is 0 Å². The van der Waals surface area contributed by atoms with Crippen LogP contribution in [0.25, 0.3) is 11.4 Å². The van der Waals surface area contributed by atoms with Crippen LogP contribution in [-0.2, 0) is 11.3 Å². The van der Waals surface area contributed by atoms with Gasteiger partial charge in [0.2, 0.25) is 0 Å². The zero-order valence-electron chi connectivity index (χ0n) is 15.7. The fourth-order valence-electron chi connectivity index (χ4n) is 3.60. The molecule has 0 unspecified atom stereocenters. The first-order chi connectivity index (χ1) is 13.6. The summed E-state index contributed by atoms with van der Waals surface area (Å²) >= 11 is 0. The quantitative estimate of drug-likeness (QED) is 0.657. The summed E-state index contributed by atoms with van der Waals surface area (Å²) in [7, 11) is 1.31. The average Bonchev–Trinajstić information content (AvgIpc) is 3.18. The molecular weight excluding hydrogens is 356 g/mol. The Labute approximate surface area is 162 Å². The minimum atomic E-state index is -0.525. The molecule has 0 N–H and O–H groups in total. The van der Waals surface area contributed by atoms with E-state index in [1.54, 1.807) is 29.2 Å².